The highest BCUT2D eigenvalue weighted by atomic mass is 16.5. The van der Waals surface area contributed by atoms with Crippen molar-refractivity contribution in [3.8, 4) is 40.2 Å². The average Bonchev–Trinajstić information content (AvgIpc) is 3.85. The Balaban J connectivity index is 1.19. The Kier molecular flexibility index (Phi) is 7.41. The lowest BCUT2D eigenvalue weighted by Crippen LogP contribution is -2.05. The van der Waals surface area contributed by atoms with Crippen LogP contribution in [0.25, 0.3) is 50.4 Å². The molecule has 8 aromatic rings. The van der Waals surface area contributed by atoms with Gasteiger partial charge in [-0.1, -0.05) is 113 Å². The van der Waals surface area contributed by atoms with Crippen LogP contribution in [0.4, 0.5) is 0 Å². The van der Waals surface area contributed by atoms with Gasteiger partial charge >= 0.3 is 0 Å². The van der Waals surface area contributed by atoms with Crippen LogP contribution in [0, 0.1) is 0 Å². The zero-order valence-electron chi connectivity index (χ0n) is 27.6. The van der Waals surface area contributed by atoms with Crippen LogP contribution in [0.2, 0.25) is 0 Å². The minimum atomic E-state index is 0.393. The number of imidazole rings is 2. The fraction of sp³-hybridized carbons (Fsp3) is 0.143. The smallest absolute Gasteiger partial charge is 0.239 e. The van der Waals surface area contributed by atoms with Gasteiger partial charge in [-0.2, -0.15) is 4.98 Å². The van der Waals surface area contributed by atoms with E-state index in [1.807, 2.05) is 48.9 Å². The predicted molar refractivity (Wildman–Crippen MR) is 195 cm³/mol. The lowest BCUT2D eigenvalue weighted by molar-refractivity contribution is 0.465. The largest absolute Gasteiger partial charge is 0.437 e. The van der Waals surface area contributed by atoms with E-state index in [9.17, 15) is 0 Å². The van der Waals surface area contributed by atoms with E-state index in [4.69, 9.17) is 14.7 Å². The molecule has 6 heteroatoms. The van der Waals surface area contributed by atoms with Crippen molar-refractivity contribution in [1.29, 1.82) is 0 Å². The zero-order chi connectivity index (χ0) is 32.8. The summed E-state index contributed by atoms with van der Waals surface area (Å²) in [5.74, 6) is 2.74. The second-order valence-corrected chi connectivity index (χ2v) is 12.8. The number of aromatic nitrogens is 5. The molecule has 0 aliphatic rings. The van der Waals surface area contributed by atoms with Crippen molar-refractivity contribution in [2.24, 2.45) is 0 Å². The van der Waals surface area contributed by atoms with Crippen molar-refractivity contribution >= 4 is 21.8 Å². The molecule has 0 N–H and O–H groups in total. The number of hydrogen-bond acceptors (Lipinski definition) is 3. The molecule has 5 aromatic carbocycles. The maximum atomic E-state index is 6.52. The molecule has 0 unspecified atom stereocenters. The molecule has 3 heterocycles. The van der Waals surface area contributed by atoms with E-state index >= 15 is 0 Å². The van der Waals surface area contributed by atoms with Crippen molar-refractivity contribution < 1.29 is 4.74 Å². The molecule has 0 atom stereocenters. The molecule has 0 spiro atoms. The van der Waals surface area contributed by atoms with Crippen LogP contribution < -0.4 is 4.74 Å². The van der Waals surface area contributed by atoms with Gasteiger partial charge in [-0.05, 0) is 59.4 Å². The molecule has 48 heavy (non-hydrogen) atoms. The van der Waals surface area contributed by atoms with Gasteiger partial charge in [-0.25, -0.2) is 4.98 Å². The van der Waals surface area contributed by atoms with Crippen molar-refractivity contribution in [2.75, 3.05) is 0 Å². The molecular weight excluding hydrogens is 590 g/mol. The summed E-state index contributed by atoms with van der Waals surface area (Å²) < 4.78 is 13.0. The SMILES string of the molecule is CC(C)c1cccc(C(C)C)c1-n1cnc(-c2cccc(Oc3cn(-c4ccccc4)c(-n4c5ccccc5c5ccccc54)n3)c2)c1. The van der Waals surface area contributed by atoms with E-state index in [1.54, 1.807) is 0 Å². The third-order valence-corrected chi connectivity index (χ3v) is 9.02. The third kappa shape index (κ3) is 5.16. The first kappa shape index (κ1) is 29.5. The summed E-state index contributed by atoms with van der Waals surface area (Å²) in [5.41, 5.74) is 8.89. The normalized spacial score (nSPS) is 11.7. The first-order valence-corrected chi connectivity index (χ1v) is 16.5. The molecule has 0 fully saturated rings. The summed E-state index contributed by atoms with van der Waals surface area (Å²) in [6.07, 6.45) is 6.01. The first-order valence-electron chi connectivity index (χ1n) is 16.5. The number of fused-ring (bicyclic) bond motifs is 3. The Morgan fingerprint density at radius 1 is 0.625 bits per heavy atom. The molecule has 6 nitrogen and oxygen atoms in total. The molecule has 0 aliphatic carbocycles. The van der Waals surface area contributed by atoms with E-state index in [-0.39, 0.29) is 0 Å². The zero-order valence-corrected chi connectivity index (χ0v) is 27.6. The van der Waals surface area contributed by atoms with Crippen molar-refractivity contribution in [2.45, 2.75) is 39.5 Å². The van der Waals surface area contributed by atoms with Gasteiger partial charge in [0, 0.05) is 28.2 Å². The highest BCUT2D eigenvalue weighted by Gasteiger charge is 2.20. The van der Waals surface area contributed by atoms with Gasteiger partial charge in [-0.15, -0.1) is 0 Å². The molecular formula is C42H37N5O. The van der Waals surface area contributed by atoms with Gasteiger partial charge in [0.15, 0.2) is 0 Å². The van der Waals surface area contributed by atoms with Crippen molar-refractivity contribution in [3.63, 3.8) is 0 Å². The predicted octanol–water partition coefficient (Wildman–Crippen LogP) is 10.9. The van der Waals surface area contributed by atoms with E-state index in [0.717, 1.165) is 33.9 Å². The third-order valence-electron chi connectivity index (χ3n) is 9.02. The van der Waals surface area contributed by atoms with Crippen LogP contribution in [0.5, 0.6) is 11.6 Å². The number of nitrogens with zero attached hydrogens (tertiary/aromatic N) is 5. The summed E-state index contributed by atoms with van der Waals surface area (Å²) >= 11 is 0. The summed E-state index contributed by atoms with van der Waals surface area (Å²) in [6.45, 7) is 8.97. The topological polar surface area (TPSA) is 49.8 Å². The first-order chi connectivity index (χ1) is 23.5. The van der Waals surface area contributed by atoms with Crippen molar-refractivity contribution in [3.05, 3.63) is 151 Å². The lowest BCUT2D eigenvalue weighted by atomic mass is 9.92. The minimum absolute atomic E-state index is 0.393. The number of benzene rings is 5. The maximum Gasteiger partial charge on any atom is 0.239 e. The number of ether oxygens (including phenoxy) is 1. The van der Waals surface area contributed by atoms with E-state index in [1.165, 1.54) is 27.6 Å². The summed E-state index contributed by atoms with van der Waals surface area (Å²) in [7, 11) is 0. The van der Waals surface area contributed by atoms with Crippen LogP contribution in [0.15, 0.2) is 140 Å². The molecule has 0 bridgehead atoms. The molecule has 8 rings (SSSR count). The molecule has 0 saturated heterocycles. The number of hydrogen-bond donors (Lipinski definition) is 0. The van der Waals surface area contributed by atoms with Crippen LogP contribution in [-0.2, 0) is 0 Å². The van der Waals surface area contributed by atoms with E-state index < -0.39 is 0 Å². The number of rotatable bonds is 8. The van der Waals surface area contributed by atoms with Gasteiger partial charge in [-0.3, -0.25) is 9.13 Å². The highest BCUT2D eigenvalue weighted by molar-refractivity contribution is 6.09. The lowest BCUT2D eigenvalue weighted by Gasteiger charge is -2.20. The van der Waals surface area contributed by atoms with Gasteiger partial charge < -0.3 is 9.30 Å². The maximum absolute atomic E-state index is 6.52. The fourth-order valence-corrected chi connectivity index (χ4v) is 6.72. The fourth-order valence-electron chi connectivity index (χ4n) is 6.72. The molecule has 0 radical (unpaired) electrons. The molecule has 236 valence electrons. The van der Waals surface area contributed by atoms with Gasteiger partial charge in [0.25, 0.3) is 0 Å². The van der Waals surface area contributed by atoms with Crippen LogP contribution in [-0.4, -0.2) is 23.7 Å². The molecule has 3 aromatic heterocycles. The Hall–Kier alpha value is -5.88. The Morgan fingerprint density at radius 3 is 1.92 bits per heavy atom. The minimum Gasteiger partial charge on any atom is -0.437 e. The quantitative estimate of drug-likeness (QED) is 0.168. The van der Waals surface area contributed by atoms with Crippen molar-refractivity contribution in [1.82, 2.24) is 23.7 Å². The van der Waals surface area contributed by atoms with Crippen LogP contribution in [0.3, 0.4) is 0 Å². The van der Waals surface area contributed by atoms with E-state index in [0.29, 0.717) is 23.5 Å². The van der Waals surface area contributed by atoms with Gasteiger partial charge in [0.05, 0.1) is 34.9 Å². The van der Waals surface area contributed by atoms with Crippen LogP contribution >= 0.6 is 0 Å². The molecule has 0 aliphatic heterocycles. The Labute approximate surface area is 280 Å². The Morgan fingerprint density at radius 2 is 1.25 bits per heavy atom. The summed E-state index contributed by atoms with van der Waals surface area (Å²) in [4.78, 5) is 9.95. The monoisotopic (exact) mass is 627 g/mol. The second kappa shape index (κ2) is 12.0. The number of para-hydroxylation sites is 4. The molecule has 0 saturated carbocycles. The average molecular weight is 628 g/mol. The highest BCUT2D eigenvalue weighted by Crippen LogP contribution is 2.36. The van der Waals surface area contributed by atoms with Gasteiger partial charge in [0.2, 0.25) is 11.8 Å². The summed E-state index contributed by atoms with van der Waals surface area (Å²) in [5, 5.41) is 2.36. The Bertz CT molecular complexity index is 2310. The van der Waals surface area contributed by atoms with Crippen LogP contribution in [0.1, 0.15) is 50.7 Å². The summed E-state index contributed by atoms with van der Waals surface area (Å²) in [6, 6.07) is 41.9. The standard InChI is InChI=1S/C42H37N5O/c1-28(2)33-20-13-21-34(29(3)4)41(33)45-25-37(43-27-45)30-14-12-17-32(24-30)48-40-26-46(31-15-6-5-7-16-31)42(44-40)47-38-22-10-8-18-35(38)36-19-9-11-23-39(36)47/h5-29H,1-4H3. The molecule has 0 amide bonds. The second-order valence-electron chi connectivity index (χ2n) is 12.8. The van der Waals surface area contributed by atoms with Gasteiger partial charge in [0.1, 0.15) is 5.75 Å². The van der Waals surface area contributed by atoms with E-state index in [2.05, 4.69) is 133 Å².